The molecule has 2 heterocycles. The number of thiocarbonyl (C=S) groups is 1. The maximum atomic E-state index is 5.98. The van der Waals surface area contributed by atoms with Gasteiger partial charge in [0.1, 0.15) is 0 Å². The molecule has 0 bridgehead atoms. The maximum Gasteiger partial charge on any atom is 0.185 e. The quantitative estimate of drug-likeness (QED) is 0.573. The van der Waals surface area contributed by atoms with Gasteiger partial charge in [0.15, 0.2) is 10.2 Å². The number of nitrogens with one attached hydrogen (secondary N) is 1. The fourth-order valence-corrected chi connectivity index (χ4v) is 4.42. The lowest BCUT2D eigenvalue weighted by Crippen LogP contribution is -2.50. The number of benzene rings is 2. The van der Waals surface area contributed by atoms with Crippen molar-refractivity contribution in [1.82, 2.24) is 9.88 Å². The number of thiazole rings is 1. The van der Waals surface area contributed by atoms with Crippen molar-refractivity contribution >= 4 is 51.1 Å². The second kappa shape index (κ2) is 8.47. The predicted octanol–water partition coefficient (Wildman–Crippen LogP) is 5.29. The number of anilines is 2. The Kier molecular flexibility index (Phi) is 5.80. The van der Waals surface area contributed by atoms with Crippen molar-refractivity contribution in [1.29, 1.82) is 0 Å². The van der Waals surface area contributed by atoms with Crippen molar-refractivity contribution in [3.8, 4) is 11.3 Å². The van der Waals surface area contributed by atoms with E-state index in [1.54, 1.807) is 11.3 Å². The lowest BCUT2D eigenvalue weighted by molar-refractivity contribution is 0.390. The van der Waals surface area contributed by atoms with Crippen molar-refractivity contribution in [3.63, 3.8) is 0 Å². The van der Waals surface area contributed by atoms with Crippen LogP contribution in [0.15, 0.2) is 53.9 Å². The van der Waals surface area contributed by atoms with Crippen LogP contribution in [0.3, 0.4) is 0 Å². The van der Waals surface area contributed by atoms with Crippen molar-refractivity contribution in [2.24, 2.45) is 0 Å². The highest BCUT2D eigenvalue weighted by Gasteiger charge is 2.21. The molecule has 0 unspecified atom stereocenters. The standard InChI is InChI=1S/C21H21ClN4S2/c1-15-2-8-18(9-3-15)23-20(27)25-10-12-26(13-11-25)21-24-19(14-28-21)16-4-6-17(22)7-5-16/h2-9,14H,10-13H2,1H3,(H,23,27). The monoisotopic (exact) mass is 428 g/mol. The lowest BCUT2D eigenvalue weighted by atomic mass is 10.2. The largest absolute Gasteiger partial charge is 0.345 e. The molecule has 4 nitrogen and oxygen atoms in total. The molecule has 144 valence electrons. The van der Waals surface area contributed by atoms with Crippen LogP contribution in [-0.2, 0) is 0 Å². The van der Waals surface area contributed by atoms with Crippen LogP contribution in [0.1, 0.15) is 5.56 Å². The molecule has 3 aromatic rings. The van der Waals surface area contributed by atoms with E-state index in [0.717, 1.165) is 58.4 Å². The molecule has 0 atom stereocenters. The van der Waals surface area contributed by atoms with Crippen LogP contribution < -0.4 is 10.2 Å². The molecular weight excluding hydrogens is 408 g/mol. The number of nitrogens with zero attached hydrogens (tertiary/aromatic N) is 3. The minimum Gasteiger partial charge on any atom is -0.345 e. The molecule has 1 saturated heterocycles. The molecule has 0 amide bonds. The van der Waals surface area contributed by atoms with E-state index in [1.165, 1.54) is 5.56 Å². The van der Waals surface area contributed by atoms with E-state index in [1.807, 2.05) is 24.3 Å². The molecule has 4 rings (SSSR count). The van der Waals surface area contributed by atoms with Crippen molar-refractivity contribution in [2.45, 2.75) is 6.92 Å². The van der Waals surface area contributed by atoms with Crippen LogP contribution in [-0.4, -0.2) is 41.2 Å². The molecule has 0 radical (unpaired) electrons. The van der Waals surface area contributed by atoms with Gasteiger partial charge in [0, 0.05) is 47.8 Å². The summed E-state index contributed by atoms with van der Waals surface area (Å²) in [6, 6.07) is 16.1. The van der Waals surface area contributed by atoms with E-state index in [9.17, 15) is 0 Å². The molecular formula is C21H21ClN4S2. The number of hydrogen-bond acceptors (Lipinski definition) is 4. The zero-order chi connectivity index (χ0) is 19.5. The van der Waals surface area contributed by atoms with Gasteiger partial charge in [0.2, 0.25) is 0 Å². The van der Waals surface area contributed by atoms with E-state index in [-0.39, 0.29) is 0 Å². The fraction of sp³-hybridized carbons (Fsp3) is 0.238. The molecule has 2 aromatic carbocycles. The second-order valence-electron chi connectivity index (χ2n) is 6.79. The number of aromatic nitrogens is 1. The van der Waals surface area contributed by atoms with Crippen LogP contribution in [0.25, 0.3) is 11.3 Å². The van der Waals surface area contributed by atoms with E-state index in [0.29, 0.717) is 0 Å². The Morgan fingerprint density at radius 1 is 1.04 bits per heavy atom. The Morgan fingerprint density at radius 3 is 2.39 bits per heavy atom. The highest BCUT2D eigenvalue weighted by Crippen LogP contribution is 2.29. The highest BCUT2D eigenvalue weighted by molar-refractivity contribution is 7.80. The molecule has 0 spiro atoms. The van der Waals surface area contributed by atoms with Gasteiger partial charge in [-0.3, -0.25) is 0 Å². The Balaban J connectivity index is 1.34. The van der Waals surface area contributed by atoms with Gasteiger partial charge < -0.3 is 15.1 Å². The average molecular weight is 429 g/mol. The summed E-state index contributed by atoms with van der Waals surface area (Å²) < 4.78 is 0. The molecule has 1 aliphatic rings. The number of halogens is 1. The van der Waals surface area contributed by atoms with Gasteiger partial charge in [-0.2, -0.15) is 0 Å². The van der Waals surface area contributed by atoms with Crippen LogP contribution in [0, 0.1) is 6.92 Å². The third kappa shape index (κ3) is 4.46. The summed E-state index contributed by atoms with van der Waals surface area (Å²) in [5.74, 6) is 0. The van der Waals surface area contributed by atoms with Crippen molar-refractivity contribution < 1.29 is 0 Å². The Morgan fingerprint density at radius 2 is 1.71 bits per heavy atom. The molecule has 1 N–H and O–H groups in total. The second-order valence-corrected chi connectivity index (χ2v) is 8.45. The summed E-state index contributed by atoms with van der Waals surface area (Å²) in [7, 11) is 0. The van der Waals surface area contributed by atoms with Crippen LogP contribution in [0.5, 0.6) is 0 Å². The van der Waals surface area contributed by atoms with E-state index >= 15 is 0 Å². The van der Waals surface area contributed by atoms with Crippen molar-refractivity contribution in [2.75, 3.05) is 36.4 Å². The summed E-state index contributed by atoms with van der Waals surface area (Å²) in [6.07, 6.45) is 0. The van der Waals surface area contributed by atoms with Gasteiger partial charge in [0.05, 0.1) is 5.69 Å². The Labute approximate surface area is 179 Å². The SMILES string of the molecule is Cc1ccc(NC(=S)N2CCN(c3nc(-c4ccc(Cl)cc4)cs3)CC2)cc1. The topological polar surface area (TPSA) is 31.4 Å². The van der Waals surface area contributed by atoms with Crippen molar-refractivity contribution in [3.05, 3.63) is 64.5 Å². The first kappa shape index (κ1) is 19.2. The molecule has 0 saturated carbocycles. The number of hydrogen-bond donors (Lipinski definition) is 1. The Hall–Kier alpha value is -2.15. The average Bonchev–Trinajstić information content (AvgIpc) is 3.20. The third-order valence-corrected chi connectivity index (χ3v) is 6.29. The zero-order valence-electron chi connectivity index (χ0n) is 15.6. The predicted molar refractivity (Wildman–Crippen MR) is 124 cm³/mol. The maximum absolute atomic E-state index is 5.98. The highest BCUT2D eigenvalue weighted by atomic mass is 35.5. The lowest BCUT2D eigenvalue weighted by Gasteiger charge is -2.36. The molecule has 0 aliphatic carbocycles. The first-order valence-corrected chi connectivity index (χ1v) is 10.8. The molecule has 1 aliphatic heterocycles. The number of rotatable bonds is 3. The number of piperazine rings is 1. The molecule has 1 fully saturated rings. The minimum atomic E-state index is 0.741. The minimum absolute atomic E-state index is 0.741. The van der Waals surface area contributed by atoms with E-state index in [4.69, 9.17) is 28.8 Å². The summed E-state index contributed by atoms with van der Waals surface area (Å²) >= 11 is 13.3. The van der Waals surface area contributed by atoms with Crippen LogP contribution >= 0.6 is 35.2 Å². The molecule has 1 aromatic heterocycles. The Bertz CT molecular complexity index is 945. The van der Waals surface area contributed by atoms with Crippen LogP contribution in [0.4, 0.5) is 10.8 Å². The first-order valence-electron chi connectivity index (χ1n) is 9.17. The third-order valence-electron chi connectivity index (χ3n) is 4.77. The smallest absolute Gasteiger partial charge is 0.185 e. The van der Waals surface area contributed by atoms with Gasteiger partial charge in [0.25, 0.3) is 0 Å². The van der Waals surface area contributed by atoms with Gasteiger partial charge in [-0.1, -0.05) is 41.4 Å². The molecule has 7 heteroatoms. The normalized spacial score (nSPS) is 14.2. The summed E-state index contributed by atoms with van der Waals surface area (Å²) in [5, 5.41) is 8.02. The molecule has 28 heavy (non-hydrogen) atoms. The van der Waals surface area contributed by atoms with Gasteiger partial charge >= 0.3 is 0 Å². The fourth-order valence-electron chi connectivity index (χ4n) is 3.10. The van der Waals surface area contributed by atoms with E-state index < -0.39 is 0 Å². The zero-order valence-corrected chi connectivity index (χ0v) is 17.9. The van der Waals surface area contributed by atoms with Crippen LogP contribution in [0.2, 0.25) is 5.02 Å². The van der Waals surface area contributed by atoms with Gasteiger partial charge in [-0.05, 0) is 43.4 Å². The summed E-state index contributed by atoms with van der Waals surface area (Å²) in [5.41, 5.74) is 4.36. The summed E-state index contributed by atoms with van der Waals surface area (Å²) in [4.78, 5) is 9.36. The summed E-state index contributed by atoms with van der Waals surface area (Å²) in [6.45, 7) is 5.66. The van der Waals surface area contributed by atoms with Gasteiger partial charge in [-0.15, -0.1) is 11.3 Å². The first-order chi connectivity index (χ1) is 13.6. The van der Waals surface area contributed by atoms with Gasteiger partial charge in [-0.25, -0.2) is 4.98 Å². The number of aryl methyl sites for hydroxylation is 1. The van der Waals surface area contributed by atoms with E-state index in [2.05, 4.69) is 51.7 Å².